The maximum Gasteiger partial charge on any atom is 0.261 e. The predicted molar refractivity (Wildman–Crippen MR) is 76.6 cm³/mol. The van der Waals surface area contributed by atoms with Crippen molar-refractivity contribution in [3.05, 3.63) is 47.3 Å². The van der Waals surface area contributed by atoms with Crippen LogP contribution in [0.4, 0.5) is 0 Å². The second-order valence-corrected chi connectivity index (χ2v) is 5.38. The Labute approximate surface area is 120 Å². The summed E-state index contributed by atoms with van der Waals surface area (Å²) >= 11 is 1.35. The molecule has 0 amide bonds. The largest absolute Gasteiger partial charge is 0.431 e. The van der Waals surface area contributed by atoms with E-state index in [9.17, 15) is 5.26 Å². The van der Waals surface area contributed by atoms with Crippen molar-refractivity contribution in [1.29, 1.82) is 5.26 Å². The van der Waals surface area contributed by atoms with Gasteiger partial charge in [0.25, 0.3) is 5.22 Å². The zero-order valence-corrected chi connectivity index (χ0v) is 11.9. The van der Waals surface area contributed by atoms with Gasteiger partial charge in [-0.3, -0.25) is 4.98 Å². The zero-order chi connectivity index (χ0) is 14.1. The average Bonchev–Trinajstić information content (AvgIpc) is 2.80. The molecular formula is C15H11N3OS. The lowest BCUT2D eigenvalue weighted by atomic mass is 10.2. The lowest BCUT2D eigenvalue weighted by molar-refractivity contribution is 0.489. The fourth-order valence-electron chi connectivity index (χ4n) is 2.00. The SMILES string of the molecule is Cc1cc(Sc2nc3ccccc3o2)c(C#N)c(C)n1. The number of nitrogens with zero attached hydrogens (tertiary/aromatic N) is 3. The molecule has 0 saturated heterocycles. The molecule has 1 aromatic carbocycles. The van der Waals surface area contributed by atoms with Gasteiger partial charge >= 0.3 is 0 Å². The number of rotatable bonds is 2. The molecule has 5 heteroatoms. The molecule has 0 N–H and O–H groups in total. The van der Waals surface area contributed by atoms with Crippen LogP contribution in [-0.2, 0) is 0 Å². The molecule has 4 nitrogen and oxygen atoms in total. The van der Waals surface area contributed by atoms with Gasteiger partial charge in [-0.05, 0) is 43.8 Å². The Morgan fingerprint density at radius 1 is 1.20 bits per heavy atom. The standard InChI is InChI=1S/C15H11N3OS/c1-9-7-14(11(8-16)10(2)17-9)20-15-18-12-5-3-4-6-13(12)19-15/h3-7H,1-2H3. The van der Waals surface area contributed by atoms with E-state index in [0.717, 1.165) is 27.4 Å². The number of oxazole rings is 1. The topological polar surface area (TPSA) is 62.7 Å². The van der Waals surface area contributed by atoms with E-state index in [2.05, 4.69) is 16.0 Å². The van der Waals surface area contributed by atoms with Crippen LogP contribution in [0.2, 0.25) is 0 Å². The number of fused-ring (bicyclic) bond motifs is 1. The number of hydrogen-bond acceptors (Lipinski definition) is 5. The van der Waals surface area contributed by atoms with E-state index in [1.807, 2.05) is 44.2 Å². The molecule has 0 radical (unpaired) electrons. The summed E-state index contributed by atoms with van der Waals surface area (Å²) in [6.07, 6.45) is 0. The molecule has 0 atom stereocenters. The van der Waals surface area contributed by atoms with E-state index >= 15 is 0 Å². The van der Waals surface area contributed by atoms with Gasteiger partial charge in [0.05, 0.1) is 11.3 Å². The Kier molecular flexibility index (Phi) is 3.17. The number of nitriles is 1. The minimum atomic E-state index is 0.535. The van der Waals surface area contributed by atoms with Gasteiger partial charge in [-0.2, -0.15) is 5.26 Å². The summed E-state index contributed by atoms with van der Waals surface area (Å²) in [5.74, 6) is 0. The molecule has 0 aliphatic carbocycles. The van der Waals surface area contributed by atoms with Crippen LogP contribution in [0.15, 0.2) is 44.9 Å². The predicted octanol–water partition coefficient (Wildman–Crippen LogP) is 3.86. The quantitative estimate of drug-likeness (QED) is 0.713. The highest BCUT2D eigenvalue weighted by molar-refractivity contribution is 7.99. The van der Waals surface area contributed by atoms with Crippen LogP contribution in [0.3, 0.4) is 0 Å². The van der Waals surface area contributed by atoms with Gasteiger partial charge in [-0.1, -0.05) is 12.1 Å². The lowest BCUT2D eigenvalue weighted by Crippen LogP contribution is -1.93. The number of pyridine rings is 1. The molecule has 0 aliphatic rings. The number of para-hydroxylation sites is 2. The van der Waals surface area contributed by atoms with Crippen LogP contribution in [0.1, 0.15) is 17.0 Å². The molecule has 0 aliphatic heterocycles. The van der Waals surface area contributed by atoms with Crippen LogP contribution in [0.5, 0.6) is 0 Å². The van der Waals surface area contributed by atoms with E-state index in [1.54, 1.807) is 0 Å². The highest BCUT2D eigenvalue weighted by Crippen LogP contribution is 2.33. The molecule has 0 unspecified atom stereocenters. The first-order chi connectivity index (χ1) is 9.67. The van der Waals surface area contributed by atoms with E-state index in [4.69, 9.17) is 4.42 Å². The summed E-state index contributed by atoms with van der Waals surface area (Å²) in [4.78, 5) is 9.54. The second kappa shape index (κ2) is 4.99. The van der Waals surface area contributed by atoms with Gasteiger partial charge < -0.3 is 4.42 Å². The molecule has 0 fully saturated rings. The minimum Gasteiger partial charge on any atom is -0.431 e. The van der Waals surface area contributed by atoms with Gasteiger partial charge in [-0.25, -0.2) is 4.98 Å². The molecule has 3 rings (SSSR count). The van der Waals surface area contributed by atoms with Gasteiger partial charge in [0.2, 0.25) is 0 Å². The summed E-state index contributed by atoms with van der Waals surface area (Å²) < 4.78 is 5.67. The number of hydrogen-bond donors (Lipinski definition) is 0. The van der Waals surface area contributed by atoms with Crippen molar-refractivity contribution in [2.45, 2.75) is 24.0 Å². The van der Waals surface area contributed by atoms with E-state index in [0.29, 0.717) is 10.8 Å². The Morgan fingerprint density at radius 3 is 2.75 bits per heavy atom. The number of benzene rings is 1. The minimum absolute atomic E-state index is 0.535. The van der Waals surface area contributed by atoms with Crippen molar-refractivity contribution in [3.63, 3.8) is 0 Å². The smallest absolute Gasteiger partial charge is 0.261 e. The van der Waals surface area contributed by atoms with Crippen LogP contribution < -0.4 is 0 Å². The van der Waals surface area contributed by atoms with E-state index in [1.165, 1.54) is 11.8 Å². The third kappa shape index (κ3) is 2.26. The molecule has 0 saturated carbocycles. The van der Waals surface area contributed by atoms with Crippen LogP contribution in [-0.4, -0.2) is 9.97 Å². The van der Waals surface area contributed by atoms with Gasteiger partial charge in [0.1, 0.15) is 11.6 Å². The fourth-order valence-corrected chi connectivity index (χ4v) is 2.99. The molecule has 2 aromatic heterocycles. The molecule has 3 aromatic rings. The average molecular weight is 281 g/mol. The Morgan fingerprint density at radius 2 is 2.00 bits per heavy atom. The maximum atomic E-state index is 9.25. The molecule has 98 valence electrons. The monoisotopic (exact) mass is 281 g/mol. The molecule has 2 heterocycles. The van der Waals surface area contributed by atoms with Gasteiger partial charge in [0, 0.05) is 10.6 Å². The third-order valence-corrected chi connectivity index (χ3v) is 3.77. The van der Waals surface area contributed by atoms with Crippen molar-refractivity contribution in [2.24, 2.45) is 0 Å². The zero-order valence-electron chi connectivity index (χ0n) is 11.0. The first-order valence-electron chi connectivity index (χ1n) is 6.09. The van der Waals surface area contributed by atoms with Crippen molar-refractivity contribution in [3.8, 4) is 6.07 Å². The summed E-state index contributed by atoms with van der Waals surface area (Å²) in [5.41, 5.74) is 3.74. The molecule has 0 spiro atoms. The van der Waals surface area contributed by atoms with Crippen LogP contribution in [0.25, 0.3) is 11.1 Å². The van der Waals surface area contributed by atoms with Gasteiger partial charge in [0.15, 0.2) is 5.58 Å². The van der Waals surface area contributed by atoms with Crippen molar-refractivity contribution in [2.75, 3.05) is 0 Å². The van der Waals surface area contributed by atoms with Crippen molar-refractivity contribution < 1.29 is 4.42 Å². The first-order valence-corrected chi connectivity index (χ1v) is 6.91. The Hall–Kier alpha value is -2.32. The maximum absolute atomic E-state index is 9.25. The highest BCUT2D eigenvalue weighted by Gasteiger charge is 2.13. The van der Waals surface area contributed by atoms with E-state index < -0.39 is 0 Å². The molecule has 20 heavy (non-hydrogen) atoms. The Balaban J connectivity index is 2.05. The molecule has 0 bridgehead atoms. The third-order valence-electron chi connectivity index (χ3n) is 2.88. The summed E-state index contributed by atoms with van der Waals surface area (Å²) in [7, 11) is 0. The second-order valence-electron chi connectivity index (χ2n) is 4.38. The number of aromatic nitrogens is 2. The first kappa shape index (κ1) is 12.7. The highest BCUT2D eigenvalue weighted by atomic mass is 32.2. The normalized spacial score (nSPS) is 10.7. The summed E-state index contributed by atoms with van der Waals surface area (Å²) in [5, 5.41) is 9.79. The summed E-state index contributed by atoms with van der Waals surface area (Å²) in [6, 6.07) is 11.7. The Bertz CT molecular complexity index is 800. The fraction of sp³-hybridized carbons (Fsp3) is 0.133. The number of aryl methyl sites for hydroxylation is 2. The van der Waals surface area contributed by atoms with Crippen molar-refractivity contribution in [1.82, 2.24) is 9.97 Å². The summed E-state index contributed by atoms with van der Waals surface area (Å²) in [6.45, 7) is 3.74. The van der Waals surface area contributed by atoms with Crippen molar-refractivity contribution >= 4 is 22.9 Å². The van der Waals surface area contributed by atoms with Crippen LogP contribution >= 0.6 is 11.8 Å². The lowest BCUT2D eigenvalue weighted by Gasteiger charge is -2.04. The van der Waals surface area contributed by atoms with Gasteiger partial charge in [-0.15, -0.1) is 0 Å². The van der Waals surface area contributed by atoms with E-state index in [-0.39, 0.29) is 0 Å². The molecular weight excluding hydrogens is 270 g/mol. The van der Waals surface area contributed by atoms with Crippen LogP contribution in [0, 0.1) is 25.2 Å².